The number of hydrogen-bond donors (Lipinski definition) is 1. The van der Waals surface area contributed by atoms with Gasteiger partial charge in [0.05, 0.1) is 18.7 Å². The third-order valence-electron chi connectivity index (χ3n) is 6.57. The summed E-state index contributed by atoms with van der Waals surface area (Å²) in [5.41, 5.74) is 1.40. The highest BCUT2D eigenvalue weighted by atomic mass is 16.5. The normalized spacial score (nSPS) is 19.4. The van der Waals surface area contributed by atoms with Gasteiger partial charge in [-0.3, -0.25) is 9.69 Å². The molecule has 5 rings (SSSR count). The molecule has 1 aromatic carbocycles. The number of piperidine rings is 1. The van der Waals surface area contributed by atoms with E-state index in [9.17, 15) is 4.79 Å². The Morgan fingerprint density at radius 1 is 1.10 bits per heavy atom. The number of tetrazole rings is 1. The molecule has 1 saturated carbocycles. The molecule has 0 bridgehead atoms. The molecule has 2 fully saturated rings. The van der Waals surface area contributed by atoms with E-state index in [4.69, 9.17) is 4.74 Å². The molecule has 1 N–H and O–H groups in total. The molecule has 8 nitrogen and oxygen atoms in total. The van der Waals surface area contributed by atoms with E-state index < -0.39 is 0 Å². The van der Waals surface area contributed by atoms with Crippen molar-refractivity contribution < 1.29 is 4.74 Å². The Balaban J connectivity index is 1.63. The highest BCUT2D eigenvalue weighted by Crippen LogP contribution is 2.34. The Bertz CT molecular complexity index is 1080. The summed E-state index contributed by atoms with van der Waals surface area (Å²) in [4.78, 5) is 18.7. The number of pyridine rings is 1. The number of aromatic amines is 1. The molecule has 2 aromatic heterocycles. The third kappa shape index (κ3) is 3.49. The minimum atomic E-state index is -0.240. The van der Waals surface area contributed by atoms with Gasteiger partial charge in [-0.25, -0.2) is 4.68 Å². The first-order valence-electron chi connectivity index (χ1n) is 11.0. The molecule has 0 unspecified atom stereocenters. The molecule has 1 saturated heterocycles. The van der Waals surface area contributed by atoms with Crippen LogP contribution in [0.5, 0.6) is 5.75 Å². The summed E-state index contributed by atoms with van der Waals surface area (Å²) in [5, 5.41) is 13.8. The van der Waals surface area contributed by atoms with Gasteiger partial charge >= 0.3 is 0 Å². The number of ether oxygens (including phenoxy) is 1. The topological polar surface area (TPSA) is 88.9 Å². The molecule has 8 heteroatoms. The zero-order chi connectivity index (χ0) is 20.5. The molecular weight excluding hydrogens is 380 g/mol. The van der Waals surface area contributed by atoms with Gasteiger partial charge in [-0.1, -0.05) is 19.3 Å². The van der Waals surface area contributed by atoms with Gasteiger partial charge in [0.15, 0.2) is 5.82 Å². The number of methoxy groups -OCH3 is 1. The number of fused-ring (bicyclic) bond motifs is 1. The van der Waals surface area contributed by atoms with Crippen LogP contribution in [-0.4, -0.2) is 50.3 Å². The van der Waals surface area contributed by atoms with Crippen LogP contribution in [0.2, 0.25) is 0 Å². The Kier molecular flexibility index (Phi) is 5.25. The van der Waals surface area contributed by atoms with E-state index in [1.807, 2.05) is 28.9 Å². The van der Waals surface area contributed by atoms with Gasteiger partial charge in [0.25, 0.3) is 5.56 Å². The fraction of sp³-hybridized carbons (Fsp3) is 0.545. The van der Waals surface area contributed by atoms with Gasteiger partial charge in [0.2, 0.25) is 0 Å². The predicted octanol–water partition coefficient (Wildman–Crippen LogP) is 3.21. The van der Waals surface area contributed by atoms with Crippen LogP contribution < -0.4 is 10.3 Å². The predicted molar refractivity (Wildman–Crippen MR) is 114 cm³/mol. The first-order chi connectivity index (χ1) is 14.7. The lowest BCUT2D eigenvalue weighted by atomic mass is 10.00. The van der Waals surface area contributed by atoms with Gasteiger partial charge in [-0.05, 0) is 72.8 Å². The summed E-state index contributed by atoms with van der Waals surface area (Å²) in [6, 6.07) is 7.85. The zero-order valence-corrected chi connectivity index (χ0v) is 17.4. The quantitative estimate of drug-likeness (QED) is 0.697. The van der Waals surface area contributed by atoms with Crippen LogP contribution in [0, 0.1) is 0 Å². The standard InChI is InChI=1S/C22H28N6O2/c1-30-17-10-9-15-13-18(22(29)23-19(15)14-17)20(27-11-5-2-6-12-27)21-24-25-26-28(21)16-7-3-4-8-16/h9-10,13-14,16,20H,2-8,11-12H2,1H3,(H,23,29)/t20-/m0/s1. The van der Waals surface area contributed by atoms with Crippen molar-refractivity contribution in [2.45, 2.75) is 57.0 Å². The van der Waals surface area contributed by atoms with Crippen LogP contribution in [0.3, 0.4) is 0 Å². The molecule has 0 spiro atoms. The van der Waals surface area contributed by atoms with Crippen LogP contribution in [0.4, 0.5) is 0 Å². The molecule has 1 aliphatic carbocycles. The number of likely N-dealkylation sites (tertiary alicyclic amines) is 1. The first-order valence-corrected chi connectivity index (χ1v) is 11.0. The number of nitrogens with one attached hydrogen (secondary N) is 1. The van der Waals surface area contributed by atoms with Crippen LogP contribution in [-0.2, 0) is 0 Å². The Labute approximate surface area is 175 Å². The van der Waals surface area contributed by atoms with Crippen molar-refractivity contribution in [1.29, 1.82) is 0 Å². The van der Waals surface area contributed by atoms with Crippen molar-refractivity contribution >= 4 is 10.9 Å². The number of nitrogens with zero attached hydrogens (tertiary/aromatic N) is 5. The second-order valence-electron chi connectivity index (χ2n) is 8.43. The molecule has 30 heavy (non-hydrogen) atoms. The molecule has 2 aliphatic rings. The van der Waals surface area contributed by atoms with Crippen molar-refractivity contribution in [1.82, 2.24) is 30.1 Å². The van der Waals surface area contributed by atoms with Crippen molar-refractivity contribution in [3.05, 3.63) is 46.0 Å². The molecular formula is C22H28N6O2. The number of rotatable bonds is 5. The van der Waals surface area contributed by atoms with Gasteiger partial charge in [-0.15, -0.1) is 5.10 Å². The second-order valence-corrected chi connectivity index (χ2v) is 8.43. The maximum absolute atomic E-state index is 13.2. The number of H-pyrrole nitrogens is 1. The summed E-state index contributed by atoms with van der Waals surface area (Å²) in [6.45, 7) is 1.89. The number of hydrogen-bond acceptors (Lipinski definition) is 6. The maximum atomic E-state index is 13.2. The average molecular weight is 409 g/mol. The average Bonchev–Trinajstić information content (AvgIpc) is 3.47. The summed E-state index contributed by atoms with van der Waals surface area (Å²) in [5.74, 6) is 1.52. The van der Waals surface area contributed by atoms with Crippen LogP contribution in [0.1, 0.15) is 68.4 Å². The first kappa shape index (κ1) is 19.2. The van der Waals surface area contributed by atoms with Crippen LogP contribution >= 0.6 is 0 Å². The minimum absolute atomic E-state index is 0.0905. The highest BCUT2D eigenvalue weighted by Gasteiger charge is 2.33. The Morgan fingerprint density at radius 3 is 2.67 bits per heavy atom. The summed E-state index contributed by atoms with van der Waals surface area (Å²) in [6.07, 6.45) is 8.09. The van der Waals surface area contributed by atoms with Crippen molar-refractivity contribution in [3.63, 3.8) is 0 Å². The van der Waals surface area contributed by atoms with E-state index in [1.54, 1.807) is 7.11 Å². The summed E-state index contributed by atoms with van der Waals surface area (Å²) < 4.78 is 7.30. The van der Waals surface area contributed by atoms with Gasteiger partial charge < -0.3 is 9.72 Å². The molecule has 3 aromatic rings. The number of benzene rings is 1. The fourth-order valence-corrected chi connectivity index (χ4v) is 4.99. The largest absolute Gasteiger partial charge is 0.497 e. The summed E-state index contributed by atoms with van der Waals surface area (Å²) in [7, 11) is 1.63. The fourth-order valence-electron chi connectivity index (χ4n) is 4.99. The molecule has 158 valence electrons. The van der Waals surface area contributed by atoms with E-state index >= 15 is 0 Å². The lowest BCUT2D eigenvalue weighted by Gasteiger charge is -2.34. The van der Waals surface area contributed by atoms with E-state index in [-0.39, 0.29) is 11.6 Å². The van der Waals surface area contributed by atoms with Crippen molar-refractivity contribution in [2.24, 2.45) is 0 Å². The van der Waals surface area contributed by atoms with E-state index in [1.165, 1.54) is 19.3 Å². The molecule has 3 heterocycles. The summed E-state index contributed by atoms with van der Waals surface area (Å²) >= 11 is 0. The van der Waals surface area contributed by atoms with Crippen molar-refractivity contribution in [3.8, 4) is 5.75 Å². The Hall–Kier alpha value is -2.74. The third-order valence-corrected chi connectivity index (χ3v) is 6.57. The van der Waals surface area contributed by atoms with Crippen LogP contribution in [0.15, 0.2) is 29.1 Å². The maximum Gasteiger partial charge on any atom is 0.253 e. The van der Waals surface area contributed by atoms with E-state index in [0.717, 1.165) is 61.2 Å². The van der Waals surface area contributed by atoms with Gasteiger partial charge in [0.1, 0.15) is 11.8 Å². The van der Waals surface area contributed by atoms with Gasteiger partial charge in [-0.2, -0.15) is 0 Å². The molecule has 1 atom stereocenters. The molecule has 0 amide bonds. The number of aromatic nitrogens is 5. The minimum Gasteiger partial charge on any atom is -0.497 e. The Morgan fingerprint density at radius 2 is 1.90 bits per heavy atom. The molecule has 1 aliphatic heterocycles. The van der Waals surface area contributed by atoms with Crippen LogP contribution in [0.25, 0.3) is 10.9 Å². The lowest BCUT2D eigenvalue weighted by Crippen LogP contribution is -2.38. The smallest absolute Gasteiger partial charge is 0.253 e. The monoisotopic (exact) mass is 408 g/mol. The van der Waals surface area contributed by atoms with Crippen molar-refractivity contribution in [2.75, 3.05) is 20.2 Å². The van der Waals surface area contributed by atoms with E-state index in [0.29, 0.717) is 11.6 Å². The highest BCUT2D eigenvalue weighted by molar-refractivity contribution is 5.80. The SMILES string of the molecule is COc1ccc2cc([C@@H](c3nnnn3C3CCCC3)N3CCCCC3)c(=O)[nH]c2c1. The van der Waals surface area contributed by atoms with E-state index in [2.05, 4.69) is 25.4 Å². The zero-order valence-electron chi connectivity index (χ0n) is 17.4. The lowest BCUT2D eigenvalue weighted by molar-refractivity contribution is 0.174. The second kappa shape index (κ2) is 8.18. The van der Waals surface area contributed by atoms with Gasteiger partial charge in [0, 0.05) is 11.6 Å². The molecule has 0 radical (unpaired) electrons.